The van der Waals surface area contributed by atoms with Crippen LogP contribution in [0.15, 0.2) is 24.3 Å². The maximum absolute atomic E-state index is 12.7. The lowest BCUT2D eigenvalue weighted by Crippen LogP contribution is -2.54. The molecule has 0 aromatic heterocycles. The number of morpholine rings is 1. The van der Waals surface area contributed by atoms with Gasteiger partial charge in [-0.25, -0.2) is 0 Å². The zero-order valence-electron chi connectivity index (χ0n) is 16.1. The Kier molecular flexibility index (Phi) is 6.78. The molecule has 4 nitrogen and oxygen atoms in total. The molecule has 1 aromatic rings. The van der Waals surface area contributed by atoms with Gasteiger partial charge in [-0.2, -0.15) is 13.2 Å². The molecule has 2 saturated heterocycles. The second-order valence-corrected chi connectivity index (χ2v) is 7.87. The van der Waals surface area contributed by atoms with Crippen LogP contribution in [0.25, 0.3) is 0 Å². The molecule has 0 saturated carbocycles. The van der Waals surface area contributed by atoms with Crippen molar-refractivity contribution in [2.75, 3.05) is 45.8 Å². The summed E-state index contributed by atoms with van der Waals surface area (Å²) in [6.45, 7) is 11.1. The van der Waals surface area contributed by atoms with Gasteiger partial charge in [-0.05, 0) is 38.0 Å². The van der Waals surface area contributed by atoms with Crippen LogP contribution in [0, 0.1) is 0 Å². The third-order valence-electron chi connectivity index (χ3n) is 5.33. The minimum Gasteiger partial charge on any atom is -0.373 e. The summed E-state index contributed by atoms with van der Waals surface area (Å²) in [6, 6.07) is 5.82. The van der Waals surface area contributed by atoms with Gasteiger partial charge in [0.15, 0.2) is 0 Å². The number of benzene rings is 1. The summed E-state index contributed by atoms with van der Waals surface area (Å²) in [5.74, 6) is 0. The summed E-state index contributed by atoms with van der Waals surface area (Å²) in [5, 5.41) is 3.50. The van der Waals surface area contributed by atoms with E-state index in [4.69, 9.17) is 4.74 Å². The number of hydrogen-bond donors (Lipinski definition) is 1. The first-order valence-corrected chi connectivity index (χ1v) is 9.79. The van der Waals surface area contributed by atoms with E-state index in [1.807, 2.05) is 0 Å². The van der Waals surface area contributed by atoms with Crippen LogP contribution in [-0.4, -0.2) is 73.9 Å². The summed E-state index contributed by atoms with van der Waals surface area (Å²) < 4.78 is 43.8. The maximum Gasteiger partial charge on any atom is 0.416 e. The van der Waals surface area contributed by atoms with Crippen molar-refractivity contribution in [1.29, 1.82) is 0 Å². The smallest absolute Gasteiger partial charge is 0.373 e. The highest BCUT2D eigenvalue weighted by Gasteiger charge is 2.30. The molecule has 2 aliphatic heterocycles. The van der Waals surface area contributed by atoms with Crippen LogP contribution in [0.1, 0.15) is 25.0 Å². The van der Waals surface area contributed by atoms with Crippen LogP contribution in [-0.2, 0) is 17.3 Å². The van der Waals surface area contributed by atoms with E-state index in [9.17, 15) is 13.2 Å². The highest BCUT2D eigenvalue weighted by Crippen LogP contribution is 2.29. The second kappa shape index (κ2) is 8.90. The molecule has 0 spiro atoms. The zero-order valence-corrected chi connectivity index (χ0v) is 16.1. The number of piperazine rings is 1. The fraction of sp³-hybridized carbons (Fsp3) is 0.700. The molecule has 0 bridgehead atoms. The predicted octanol–water partition coefficient (Wildman–Crippen LogP) is 2.63. The lowest BCUT2D eigenvalue weighted by molar-refractivity contribution is -0.137. The topological polar surface area (TPSA) is 27.7 Å². The molecule has 0 amide bonds. The molecule has 1 N–H and O–H groups in total. The highest BCUT2D eigenvalue weighted by atomic mass is 19.4. The van der Waals surface area contributed by atoms with Gasteiger partial charge < -0.3 is 10.1 Å². The van der Waals surface area contributed by atoms with E-state index in [1.54, 1.807) is 12.1 Å². The van der Waals surface area contributed by atoms with Gasteiger partial charge in [0.05, 0.1) is 17.8 Å². The van der Waals surface area contributed by atoms with E-state index < -0.39 is 11.7 Å². The number of alkyl halides is 3. The molecular weight excluding hydrogens is 355 g/mol. The Labute approximate surface area is 159 Å². The van der Waals surface area contributed by atoms with Crippen molar-refractivity contribution in [2.24, 2.45) is 0 Å². The fourth-order valence-electron chi connectivity index (χ4n) is 4.10. The van der Waals surface area contributed by atoms with E-state index in [-0.39, 0.29) is 18.2 Å². The Hall–Kier alpha value is -1.15. The molecule has 27 heavy (non-hydrogen) atoms. The molecule has 2 aliphatic rings. The molecule has 2 fully saturated rings. The second-order valence-electron chi connectivity index (χ2n) is 7.87. The number of halogens is 3. The SMILES string of the molecule is CC1CN(CCN2CCN[C@H](Cc3ccc(C(F)(F)F)cc3)C2)CC(C)O1. The molecule has 2 unspecified atom stereocenters. The van der Waals surface area contributed by atoms with Crippen molar-refractivity contribution in [3.05, 3.63) is 35.4 Å². The molecule has 0 radical (unpaired) electrons. The van der Waals surface area contributed by atoms with E-state index in [1.165, 1.54) is 12.1 Å². The maximum atomic E-state index is 12.7. The van der Waals surface area contributed by atoms with Gasteiger partial charge in [0.1, 0.15) is 0 Å². The first-order valence-electron chi connectivity index (χ1n) is 9.79. The van der Waals surface area contributed by atoms with Crippen LogP contribution in [0.4, 0.5) is 13.2 Å². The Bertz CT molecular complexity index is 583. The zero-order chi connectivity index (χ0) is 19.4. The van der Waals surface area contributed by atoms with Gasteiger partial charge in [0.25, 0.3) is 0 Å². The summed E-state index contributed by atoms with van der Waals surface area (Å²) in [5.41, 5.74) is 0.358. The molecule has 7 heteroatoms. The van der Waals surface area contributed by atoms with Gasteiger partial charge in [0.2, 0.25) is 0 Å². The summed E-state index contributed by atoms with van der Waals surface area (Å²) in [4.78, 5) is 4.92. The lowest BCUT2D eigenvalue weighted by Gasteiger charge is -2.38. The molecule has 152 valence electrons. The van der Waals surface area contributed by atoms with Crippen molar-refractivity contribution < 1.29 is 17.9 Å². The van der Waals surface area contributed by atoms with Crippen molar-refractivity contribution in [1.82, 2.24) is 15.1 Å². The summed E-state index contributed by atoms with van der Waals surface area (Å²) in [7, 11) is 0. The first-order chi connectivity index (χ1) is 12.8. The van der Waals surface area contributed by atoms with Gasteiger partial charge in [-0.3, -0.25) is 9.80 Å². The fourth-order valence-corrected chi connectivity index (χ4v) is 4.10. The molecule has 2 heterocycles. The standard InChI is InChI=1S/C20H30F3N3O/c1-15-12-26(13-16(2)27-15)10-9-25-8-7-24-19(14-25)11-17-3-5-18(6-4-17)20(21,22)23/h3-6,15-16,19,24H,7-14H2,1-2H3/t15?,16?,19-/m1/s1. The van der Waals surface area contributed by atoms with Crippen LogP contribution < -0.4 is 5.32 Å². The van der Waals surface area contributed by atoms with Crippen molar-refractivity contribution in [3.8, 4) is 0 Å². The van der Waals surface area contributed by atoms with E-state index >= 15 is 0 Å². The number of nitrogens with zero attached hydrogens (tertiary/aromatic N) is 2. The Morgan fingerprint density at radius 3 is 2.26 bits per heavy atom. The van der Waals surface area contributed by atoms with Crippen molar-refractivity contribution in [2.45, 2.75) is 44.7 Å². The van der Waals surface area contributed by atoms with Crippen molar-refractivity contribution >= 4 is 0 Å². The minimum atomic E-state index is -4.27. The predicted molar refractivity (Wildman–Crippen MR) is 99.8 cm³/mol. The van der Waals surface area contributed by atoms with E-state index in [0.29, 0.717) is 0 Å². The van der Waals surface area contributed by atoms with Gasteiger partial charge in [-0.1, -0.05) is 12.1 Å². The van der Waals surface area contributed by atoms with Gasteiger partial charge in [-0.15, -0.1) is 0 Å². The number of ether oxygens (including phenoxy) is 1. The Morgan fingerprint density at radius 1 is 1.00 bits per heavy atom. The van der Waals surface area contributed by atoms with Gasteiger partial charge in [0, 0.05) is 51.9 Å². The van der Waals surface area contributed by atoms with Gasteiger partial charge >= 0.3 is 6.18 Å². The van der Waals surface area contributed by atoms with Crippen LogP contribution in [0.5, 0.6) is 0 Å². The quantitative estimate of drug-likeness (QED) is 0.843. The summed E-state index contributed by atoms with van der Waals surface area (Å²) >= 11 is 0. The minimum absolute atomic E-state index is 0.276. The average Bonchev–Trinajstić information content (AvgIpc) is 2.59. The summed E-state index contributed by atoms with van der Waals surface area (Å²) in [6.07, 6.45) is -2.96. The highest BCUT2D eigenvalue weighted by molar-refractivity contribution is 5.25. The Morgan fingerprint density at radius 2 is 1.63 bits per heavy atom. The average molecular weight is 385 g/mol. The number of hydrogen-bond acceptors (Lipinski definition) is 4. The Balaban J connectivity index is 1.46. The molecule has 3 rings (SSSR count). The molecule has 0 aliphatic carbocycles. The lowest BCUT2D eigenvalue weighted by atomic mass is 10.0. The third kappa shape index (κ3) is 6.17. The van der Waals surface area contributed by atoms with Crippen molar-refractivity contribution in [3.63, 3.8) is 0 Å². The number of rotatable bonds is 5. The molecule has 1 aromatic carbocycles. The van der Waals surface area contributed by atoms with Crippen LogP contribution in [0.2, 0.25) is 0 Å². The number of nitrogens with one attached hydrogen (secondary N) is 1. The van der Waals surface area contributed by atoms with Crippen LogP contribution >= 0.6 is 0 Å². The molecule has 3 atom stereocenters. The van der Waals surface area contributed by atoms with E-state index in [0.717, 1.165) is 57.8 Å². The molecular formula is C20H30F3N3O. The monoisotopic (exact) mass is 385 g/mol. The van der Waals surface area contributed by atoms with E-state index in [2.05, 4.69) is 29.0 Å². The third-order valence-corrected chi connectivity index (χ3v) is 5.33. The normalized spacial score (nSPS) is 28.4. The first kappa shape index (κ1) is 20.6. The van der Waals surface area contributed by atoms with Crippen LogP contribution in [0.3, 0.4) is 0 Å². The largest absolute Gasteiger partial charge is 0.416 e.